The van der Waals surface area contributed by atoms with Crippen LogP contribution in [0.1, 0.15) is 33.1 Å². The van der Waals surface area contributed by atoms with E-state index in [0.717, 1.165) is 12.3 Å². The van der Waals surface area contributed by atoms with Gasteiger partial charge in [-0.1, -0.05) is 13.3 Å². The molecule has 1 saturated carbocycles. The molecule has 0 radical (unpaired) electrons. The molecule has 0 aromatic heterocycles. The number of nitrogens with two attached hydrogens (primary N) is 1. The van der Waals surface area contributed by atoms with Crippen molar-refractivity contribution in [3.8, 4) is 0 Å². The van der Waals surface area contributed by atoms with E-state index in [1.54, 1.807) is 6.92 Å². The highest BCUT2D eigenvalue weighted by atomic mass is 16.1. The van der Waals surface area contributed by atoms with Gasteiger partial charge in [-0.2, -0.15) is 0 Å². The summed E-state index contributed by atoms with van der Waals surface area (Å²) in [5.41, 5.74) is 5.45. The van der Waals surface area contributed by atoms with Gasteiger partial charge >= 0.3 is 0 Å². The fourth-order valence-corrected chi connectivity index (χ4v) is 1.50. The summed E-state index contributed by atoms with van der Waals surface area (Å²) in [7, 11) is 0. The molecule has 1 fully saturated rings. The lowest BCUT2D eigenvalue weighted by Gasteiger charge is -2.02. The first-order chi connectivity index (χ1) is 5.15. The second kappa shape index (κ2) is 3.35. The van der Waals surface area contributed by atoms with E-state index < -0.39 is 0 Å². The van der Waals surface area contributed by atoms with E-state index in [4.69, 9.17) is 5.73 Å². The number of carbonyl (C=O) groups excluding carboxylic acids is 1. The zero-order chi connectivity index (χ0) is 8.43. The molecule has 0 unspecified atom stereocenters. The molecule has 2 heteroatoms. The molecule has 3 atom stereocenters. The van der Waals surface area contributed by atoms with Gasteiger partial charge in [0.2, 0.25) is 0 Å². The first-order valence-electron chi connectivity index (χ1n) is 4.43. The summed E-state index contributed by atoms with van der Waals surface area (Å²) in [5.74, 6) is 1.71. The predicted molar refractivity (Wildman–Crippen MR) is 45.2 cm³/mol. The van der Waals surface area contributed by atoms with E-state index in [2.05, 4.69) is 6.92 Å². The second-order valence-electron chi connectivity index (χ2n) is 3.62. The summed E-state index contributed by atoms with van der Waals surface area (Å²) in [6.07, 6.45) is 3.18. The van der Waals surface area contributed by atoms with Crippen LogP contribution in [-0.2, 0) is 4.79 Å². The van der Waals surface area contributed by atoms with Gasteiger partial charge in [0.25, 0.3) is 0 Å². The van der Waals surface area contributed by atoms with Crippen LogP contribution in [0.2, 0.25) is 0 Å². The highest BCUT2D eigenvalue weighted by Crippen LogP contribution is 2.43. The molecule has 0 saturated heterocycles. The molecule has 0 bridgehead atoms. The maximum Gasteiger partial charge on any atom is 0.149 e. The largest absolute Gasteiger partial charge is 0.322 e. The molecule has 0 spiro atoms. The van der Waals surface area contributed by atoms with Crippen LogP contribution in [0.3, 0.4) is 0 Å². The minimum atomic E-state index is -0.256. The van der Waals surface area contributed by atoms with Crippen LogP contribution in [0.25, 0.3) is 0 Å². The first kappa shape index (κ1) is 8.72. The van der Waals surface area contributed by atoms with Crippen LogP contribution in [0.15, 0.2) is 0 Å². The van der Waals surface area contributed by atoms with Crippen molar-refractivity contribution in [1.82, 2.24) is 0 Å². The molecule has 2 N–H and O–H groups in total. The summed E-state index contributed by atoms with van der Waals surface area (Å²) in [4.78, 5) is 11.1. The molecule has 11 heavy (non-hydrogen) atoms. The smallest absolute Gasteiger partial charge is 0.149 e. The van der Waals surface area contributed by atoms with Crippen molar-refractivity contribution in [2.75, 3.05) is 0 Å². The molecule has 1 aliphatic rings. The molecular weight excluding hydrogens is 138 g/mol. The van der Waals surface area contributed by atoms with Crippen molar-refractivity contribution in [3.05, 3.63) is 0 Å². The van der Waals surface area contributed by atoms with Gasteiger partial charge in [-0.3, -0.25) is 4.79 Å². The van der Waals surface area contributed by atoms with E-state index >= 15 is 0 Å². The molecule has 0 aromatic carbocycles. The Morgan fingerprint density at radius 3 is 2.64 bits per heavy atom. The van der Waals surface area contributed by atoms with Gasteiger partial charge < -0.3 is 5.73 Å². The quantitative estimate of drug-likeness (QED) is 0.665. The highest BCUT2D eigenvalue weighted by Gasteiger charge is 2.36. The molecule has 0 aliphatic heterocycles. The third-order valence-corrected chi connectivity index (χ3v) is 2.56. The molecule has 2 nitrogen and oxygen atoms in total. The van der Waals surface area contributed by atoms with Crippen molar-refractivity contribution < 1.29 is 4.79 Å². The van der Waals surface area contributed by atoms with Crippen LogP contribution in [-0.4, -0.2) is 11.8 Å². The van der Waals surface area contributed by atoms with Crippen LogP contribution in [0.5, 0.6) is 0 Å². The Balaban J connectivity index is 2.18. The van der Waals surface area contributed by atoms with Crippen LogP contribution in [0, 0.1) is 11.8 Å². The Morgan fingerprint density at radius 1 is 1.64 bits per heavy atom. The Morgan fingerprint density at radius 2 is 2.27 bits per heavy atom. The minimum Gasteiger partial charge on any atom is -0.322 e. The van der Waals surface area contributed by atoms with Crippen molar-refractivity contribution in [1.29, 1.82) is 0 Å². The van der Waals surface area contributed by atoms with Gasteiger partial charge in [-0.15, -0.1) is 0 Å². The lowest BCUT2D eigenvalue weighted by Crippen LogP contribution is -2.26. The van der Waals surface area contributed by atoms with Gasteiger partial charge in [0.1, 0.15) is 5.78 Å². The number of rotatable bonds is 4. The number of carbonyl (C=O) groups is 1. The van der Waals surface area contributed by atoms with Crippen LogP contribution in [0.4, 0.5) is 0 Å². The molecule has 0 heterocycles. The van der Waals surface area contributed by atoms with Crippen molar-refractivity contribution >= 4 is 5.78 Å². The zero-order valence-electron chi connectivity index (χ0n) is 7.34. The lowest BCUT2D eigenvalue weighted by molar-refractivity contribution is -0.120. The van der Waals surface area contributed by atoms with E-state index in [1.807, 2.05) is 0 Å². The summed E-state index contributed by atoms with van der Waals surface area (Å²) >= 11 is 0. The Labute approximate surface area is 68.2 Å². The first-order valence-corrected chi connectivity index (χ1v) is 4.43. The average molecular weight is 155 g/mol. The number of hydrogen-bond acceptors (Lipinski definition) is 2. The number of ketones is 1. The highest BCUT2D eigenvalue weighted by molar-refractivity contribution is 5.83. The van der Waals surface area contributed by atoms with E-state index in [-0.39, 0.29) is 11.8 Å². The van der Waals surface area contributed by atoms with Gasteiger partial charge in [0.05, 0.1) is 6.04 Å². The fraction of sp³-hybridized carbons (Fsp3) is 0.889. The van der Waals surface area contributed by atoms with Crippen LogP contribution >= 0.6 is 0 Å². The minimum absolute atomic E-state index is 0.228. The Bertz CT molecular complexity index is 154. The topological polar surface area (TPSA) is 43.1 Å². The molecule has 64 valence electrons. The Kier molecular flexibility index (Phi) is 2.66. The molecule has 1 aliphatic carbocycles. The molecule has 0 aromatic rings. The third-order valence-electron chi connectivity index (χ3n) is 2.56. The van der Waals surface area contributed by atoms with E-state index in [1.165, 1.54) is 12.8 Å². The second-order valence-corrected chi connectivity index (χ2v) is 3.62. The third kappa shape index (κ3) is 2.29. The maximum absolute atomic E-state index is 11.1. The monoisotopic (exact) mass is 155 g/mol. The van der Waals surface area contributed by atoms with Crippen molar-refractivity contribution in [3.63, 3.8) is 0 Å². The maximum atomic E-state index is 11.1. The van der Waals surface area contributed by atoms with Crippen molar-refractivity contribution in [2.24, 2.45) is 17.6 Å². The normalized spacial score (nSPS) is 31.5. The Hall–Kier alpha value is -0.370. The lowest BCUT2D eigenvalue weighted by atomic mass is 10.1. The van der Waals surface area contributed by atoms with Gasteiger partial charge in [0, 0.05) is 6.42 Å². The summed E-state index contributed by atoms with van der Waals surface area (Å²) < 4.78 is 0. The molecule has 1 rings (SSSR count). The fourth-order valence-electron chi connectivity index (χ4n) is 1.50. The van der Waals surface area contributed by atoms with Gasteiger partial charge in [-0.05, 0) is 25.2 Å². The van der Waals surface area contributed by atoms with Crippen LogP contribution < -0.4 is 5.73 Å². The predicted octanol–water partition coefficient (Wildman–Crippen LogP) is 1.34. The molecule has 0 amide bonds. The number of Topliss-reactive ketones (excluding diaryl/α,β-unsaturated/α-hetero) is 1. The SMILES string of the molecule is CC[C@@H]1C[C@H]1CC(=O)[C@H](C)N. The summed E-state index contributed by atoms with van der Waals surface area (Å²) in [6.45, 7) is 3.95. The summed E-state index contributed by atoms with van der Waals surface area (Å²) in [6, 6.07) is -0.256. The van der Waals surface area contributed by atoms with Gasteiger partial charge in [0.15, 0.2) is 0 Å². The summed E-state index contributed by atoms with van der Waals surface area (Å²) in [5, 5.41) is 0. The molecular formula is C9H17NO. The average Bonchev–Trinajstić information content (AvgIpc) is 2.67. The van der Waals surface area contributed by atoms with Crippen molar-refractivity contribution in [2.45, 2.75) is 39.2 Å². The van der Waals surface area contributed by atoms with E-state index in [0.29, 0.717) is 5.92 Å². The zero-order valence-corrected chi connectivity index (χ0v) is 7.34. The van der Waals surface area contributed by atoms with Gasteiger partial charge in [-0.25, -0.2) is 0 Å². The number of hydrogen-bond donors (Lipinski definition) is 1. The van der Waals surface area contributed by atoms with E-state index in [9.17, 15) is 4.79 Å². The standard InChI is InChI=1S/C9H17NO/c1-3-7-4-8(7)5-9(11)6(2)10/h6-8H,3-5,10H2,1-2H3/t6-,7+,8-/m0/s1.